The zero-order valence-electron chi connectivity index (χ0n) is 13.2. The molecule has 0 bridgehead atoms. The third-order valence-electron chi connectivity index (χ3n) is 7.10. The van der Waals surface area contributed by atoms with Crippen LogP contribution in [-0.2, 0) is 6.42 Å². The van der Waals surface area contributed by atoms with Crippen molar-refractivity contribution in [2.24, 2.45) is 17.3 Å². The molecule has 2 saturated carbocycles. The quantitative estimate of drug-likeness (QED) is 0.718. The first-order chi connectivity index (χ1) is 10.5. The molecule has 2 fully saturated rings. The molecule has 0 aliphatic heterocycles. The lowest BCUT2D eigenvalue weighted by Gasteiger charge is -2.52. The number of hydrogen-bond donors (Lipinski definition) is 2. The normalized spacial score (nSPS) is 42.9. The number of hydrogen-bond acceptors (Lipinski definition) is 2. The van der Waals surface area contributed by atoms with Crippen molar-refractivity contribution in [3.05, 3.63) is 29.3 Å². The molecule has 3 aliphatic rings. The number of aryl methyl sites for hydroxylation is 1. The van der Waals surface area contributed by atoms with Crippen LogP contribution >= 0.6 is 0 Å². The van der Waals surface area contributed by atoms with Crippen LogP contribution in [0.1, 0.15) is 56.1 Å². The number of aliphatic hydroxyl groups is 1. The van der Waals surface area contributed by atoms with E-state index in [1.54, 1.807) is 0 Å². The molecule has 0 unspecified atom stereocenters. The Hall–Kier alpha value is -1.46. The fourth-order valence-corrected chi connectivity index (χ4v) is 5.82. The highest BCUT2D eigenvalue weighted by atomic mass is 16.3. The van der Waals surface area contributed by atoms with Crippen molar-refractivity contribution in [1.82, 2.24) is 0 Å². The first-order valence-electron chi connectivity index (χ1n) is 8.50. The maximum atomic E-state index is 10.9. The summed E-state index contributed by atoms with van der Waals surface area (Å²) in [6, 6.07) is 5.87. The molecular formula is C20H24O2. The molecule has 116 valence electrons. The van der Waals surface area contributed by atoms with E-state index < -0.39 is 5.60 Å². The van der Waals surface area contributed by atoms with Gasteiger partial charge in [-0.3, -0.25) is 0 Å². The lowest BCUT2D eigenvalue weighted by atomic mass is 9.53. The maximum absolute atomic E-state index is 10.9. The van der Waals surface area contributed by atoms with Crippen molar-refractivity contribution in [2.45, 2.75) is 57.0 Å². The molecule has 0 radical (unpaired) electrons. The molecule has 2 heteroatoms. The summed E-state index contributed by atoms with van der Waals surface area (Å²) in [6.07, 6.45) is 11.8. The average Bonchev–Trinajstić information content (AvgIpc) is 2.79. The number of phenols is 1. The molecule has 0 spiro atoms. The predicted molar refractivity (Wildman–Crippen MR) is 86.5 cm³/mol. The van der Waals surface area contributed by atoms with E-state index in [4.69, 9.17) is 6.42 Å². The topological polar surface area (TPSA) is 40.5 Å². The second kappa shape index (κ2) is 4.52. The minimum Gasteiger partial charge on any atom is -0.508 e. The summed E-state index contributed by atoms with van der Waals surface area (Å²) in [7, 11) is 0. The predicted octanol–water partition coefficient (Wildman–Crippen LogP) is 3.61. The van der Waals surface area contributed by atoms with E-state index in [-0.39, 0.29) is 5.41 Å². The van der Waals surface area contributed by atoms with Crippen LogP contribution in [-0.4, -0.2) is 15.8 Å². The molecule has 3 aliphatic carbocycles. The van der Waals surface area contributed by atoms with Crippen molar-refractivity contribution in [2.75, 3.05) is 0 Å². The SMILES string of the molecule is C#C[C@@]1(O)CC[C@H]2[C@@H]3CCc4cc(O)ccc4[C@H]3CC[C@@]21C. The van der Waals surface area contributed by atoms with Crippen molar-refractivity contribution in [3.8, 4) is 18.1 Å². The van der Waals surface area contributed by atoms with Crippen molar-refractivity contribution in [3.63, 3.8) is 0 Å². The van der Waals surface area contributed by atoms with Crippen LogP contribution in [0.4, 0.5) is 0 Å². The minimum atomic E-state index is -0.919. The zero-order valence-corrected chi connectivity index (χ0v) is 13.2. The van der Waals surface area contributed by atoms with Gasteiger partial charge in [-0.25, -0.2) is 0 Å². The fourth-order valence-electron chi connectivity index (χ4n) is 5.82. The van der Waals surface area contributed by atoms with Gasteiger partial charge in [0.25, 0.3) is 0 Å². The molecule has 22 heavy (non-hydrogen) atoms. The van der Waals surface area contributed by atoms with Crippen LogP contribution in [0.15, 0.2) is 18.2 Å². The first-order valence-corrected chi connectivity index (χ1v) is 8.50. The van der Waals surface area contributed by atoms with Gasteiger partial charge < -0.3 is 10.2 Å². The summed E-state index contributed by atoms with van der Waals surface area (Å²) in [4.78, 5) is 0. The molecule has 0 saturated heterocycles. The van der Waals surface area contributed by atoms with Gasteiger partial charge in [0.15, 0.2) is 0 Å². The first kappa shape index (κ1) is 14.2. The number of rotatable bonds is 0. The third-order valence-corrected chi connectivity index (χ3v) is 7.10. The monoisotopic (exact) mass is 296 g/mol. The largest absolute Gasteiger partial charge is 0.508 e. The molecule has 0 heterocycles. The Morgan fingerprint density at radius 1 is 1.23 bits per heavy atom. The second-order valence-electron chi connectivity index (χ2n) is 7.80. The second-order valence-corrected chi connectivity index (χ2v) is 7.80. The summed E-state index contributed by atoms with van der Waals surface area (Å²) >= 11 is 0. The lowest BCUT2D eigenvalue weighted by molar-refractivity contribution is -0.0646. The van der Waals surface area contributed by atoms with Crippen LogP contribution in [0.3, 0.4) is 0 Å². The Kier molecular flexibility index (Phi) is 2.91. The summed E-state index contributed by atoms with van der Waals surface area (Å²) in [6.45, 7) is 2.22. The van der Waals surface area contributed by atoms with Crippen LogP contribution < -0.4 is 0 Å². The molecule has 0 aromatic heterocycles. The number of aromatic hydroxyl groups is 1. The maximum Gasteiger partial charge on any atom is 0.130 e. The number of benzene rings is 1. The van der Waals surface area contributed by atoms with Gasteiger partial charge in [-0.05, 0) is 79.5 Å². The zero-order chi connectivity index (χ0) is 15.5. The number of fused-ring (bicyclic) bond motifs is 5. The van der Waals surface area contributed by atoms with E-state index in [0.29, 0.717) is 23.5 Å². The van der Waals surface area contributed by atoms with Gasteiger partial charge >= 0.3 is 0 Å². The Balaban J connectivity index is 1.72. The Morgan fingerprint density at radius 2 is 2.05 bits per heavy atom. The van der Waals surface area contributed by atoms with Crippen molar-refractivity contribution in [1.29, 1.82) is 0 Å². The van der Waals surface area contributed by atoms with Gasteiger partial charge in [-0.2, -0.15) is 0 Å². The molecule has 0 amide bonds. The fraction of sp³-hybridized carbons (Fsp3) is 0.600. The molecule has 5 atom stereocenters. The molecule has 2 nitrogen and oxygen atoms in total. The van der Waals surface area contributed by atoms with Crippen molar-refractivity contribution >= 4 is 0 Å². The van der Waals surface area contributed by atoms with E-state index in [1.165, 1.54) is 11.1 Å². The van der Waals surface area contributed by atoms with E-state index >= 15 is 0 Å². The Labute approximate surface area is 132 Å². The van der Waals surface area contributed by atoms with Gasteiger partial charge in [-0.1, -0.05) is 18.9 Å². The molecule has 2 N–H and O–H groups in total. The Morgan fingerprint density at radius 3 is 2.82 bits per heavy atom. The van der Waals surface area contributed by atoms with Gasteiger partial charge in [0.2, 0.25) is 0 Å². The van der Waals surface area contributed by atoms with Crippen LogP contribution in [0.2, 0.25) is 0 Å². The van der Waals surface area contributed by atoms with Crippen LogP contribution in [0.5, 0.6) is 5.75 Å². The summed E-state index contributed by atoms with van der Waals surface area (Å²) in [5.74, 6) is 4.82. The summed E-state index contributed by atoms with van der Waals surface area (Å²) in [5, 5.41) is 20.6. The Bertz CT molecular complexity index is 658. The number of phenolic OH excluding ortho intramolecular Hbond substituents is 1. The molecule has 1 aromatic rings. The number of terminal acetylenes is 1. The van der Waals surface area contributed by atoms with E-state index in [9.17, 15) is 10.2 Å². The average molecular weight is 296 g/mol. The summed E-state index contributed by atoms with van der Waals surface area (Å²) < 4.78 is 0. The smallest absolute Gasteiger partial charge is 0.130 e. The standard InChI is InChI=1S/C20H24O2/c1-3-20(22)11-9-18-17-6-4-13-12-14(21)5-7-15(13)16(17)8-10-19(18,20)2/h1,5,7,12,16-18,21-22H,4,6,8-11H2,2H3/t16-,17-,18+,19+,20-/m1/s1. The van der Waals surface area contributed by atoms with Gasteiger partial charge in [0, 0.05) is 5.41 Å². The highest BCUT2D eigenvalue weighted by molar-refractivity contribution is 5.40. The van der Waals surface area contributed by atoms with Gasteiger partial charge in [0.05, 0.1) is 0 Å². The molecule has 1 aromatic carbocycles. The van der Waals surface area contributed by atoms with Crippen molar-refractivity contribution < 1.29 is 10.2 Å². The lowest BCUT2D eigenvalue weighted by Crippen LogP contribution is -2.50. The van der Waals surface area contributed by atoms with Gasteiger partial charge in [0.1, 0.15) is 11.4 Å². The highest BCUT2D eigenvalue weighted by Gasteiger charge is 2.61. The van der Waals surface area contributed by atoms with E-state index in [0.717, 1.165) is 38.5 Å². The van der Waals surface area contributed by atoms with E-state index in [2.05, 4.69) is 18.9 Å². The minimum absolute atomic E-state index is 0.128. The molecule has 4 rings (SSSR count). The third kappa shape index (κ3) is 1.66. The summed E-state index contributed by atoms with van der Waals surface area (Å²) in [5.41, 5.74) is 1.69. The van der Waals surface area contributed by atoms with E-state index in [1.807, 2.05) is 12.1 Å². The van der Waals surface area contributed by atoms with Crippen LogP contribution in [0, 0.1) is 29.6 Å². The van der Waals surface area contributed by atoms with Gasteiger partial charge in [-0.15, -0.1) is 6.42 Å². The van der Waals surface area contributed by atoms with Crippen LogP contribution in [0.25, 0.3) is 0 Å². The highest BCUT2D eigenvalue weighted by Crippen LogP contribution is 2.64. The molecular weight excluding hydrogens is 272 g/mol.